The molecule has 106 valence electrons. The largest absolute Gasteiger partial charge is 0.377 e. The predicted octanol–water partition coefficient (Wildman–Crippen LogP) is 2.32. The lowest BCUT2D eigenvalue weighted by Crippen LogP contribution is -2.27. The summed E-state index contributed by atoms with van der Waals surface area (Å²) < 4.78 is 12.0. The molecule has 0 saturated carbocycles. The lowest BCUT2D eigenvalue weighted by Gasteiger charge is -2.23. The summed E-state index contributed by atoms with van der Waals surface area (Å²) in [6, 6.07) is 6.22. The first-order valence-corrected chi connectivity index (χ1v) is 7.21. The van der Waals surface area contributed by atoms with Crippen LogP contribution in [0, 0.1) is 0 Å². The Hall–Kier alpha value is -0.620. The normalized spacial score (nSPS) is 24.8. The molecule has 1 aliphatic heterocycles. The van der Waals surface area contributed by atoms with E-state index in [1.54, 1.807) is 14.2 Å². The molecule has 2 rings (SSSR count). The average Bonchev–Trinajstić information content (AvgIpc) is 2.81. The lowest BCUT2D eigenvalue weighted by molar-refractivity contribution is -0.00461. The van der Waals surface area contributed by atoms with E-state index in [0.717, 1.165) is 28.8 Å². The summed E-state index contributed by atoms with van der Waals surface area (Å²) in [6.07, 6.45) is 0.204. The zero-order valence-corrected chi connectivity index (χ0v) is 13.2. The number of nitrogens with two attached hydrogens (primary N) is 1. The Labute approximate surface area is 123 Å². The fourth-order valence-corrected chi connectivity index (χ4v) is 2.92. The number of hydrogen-bond acceptors (Lipinski definition) is 4. The molecule has 2 N–H and O–H groups in total. The molecule has 1 aliphatic rings. The molecule has 3 atom stereocenters. The van der Waals surface area contributed by atoms with Gasteiger partial charge in [0.05, 0.1) is 0 Å². The molecule has 0 spiro atoms. The molecule has 1 saturated heterocycles. The first-order chi connectivity index (χ1) is 9.06. The monoisotopic (exact) mass is 328 g/mol. The highest BCUT2D eigenvalue weighted by Crippen LogP contribution is 2.32. The topological polar surface area (TPSA) is 47.7 Å². The van der Waals surface area contributed by atoms with Gasteiger partial charge in [-0.1, -0.05) is 22.0 Å². The van der Waals surface area contributed by atoms with Crippen LogP contribution in [0.2, 0.25) is 0 Å². The van der Waals surface area contributed by atoms with Gasteiger partial charge >= 0.3 is 0 Å². The number of methoxy groups -OCH3 is 2. The number of benzene rings is 1. The van der Waals surface area contributed by atoms with Crippen LogP contribution < -0.4 is 10.6 Å². The van der Waals surface area contributed by atoms with Crippen molar-refractivity contribution >= 4 is 21.6 Å². The highest BCUT2D eigenvalue weighted by atomic mass is 79.9. The summed E-state index contributed by atoms with van der Waals surface area (Å²) in [7, 11) is 3.46. The van der Waals surface area contributed by atoms with Crippen molar-refractivity contribution in [1.29, 1.82) is 0 Å². The van der Waals surface area contributed by atoms with Gasteiger partial charge in [-0.05, 0) is 24.6 Å². The first kappa shape index (κ1) is 14.8. The van der Waals surface area contributed by atoms with E-state index >= 15 is 0 Å². The number of hydrogen-bond donors (Lipinski definition) is 1. The second kappa shape index (κ2) is 6.22. The minimum absolute atomic E-state index is 0.00527. The molecular formula is C14H21BrN2O2. The van der Waals surface area contributed by atoms with Gasteiger partial charge in [0.1, 0.15) is 12.2 Å². The molecule has 0 amide bonds. The van der Waals surface area contributed by atoms with Crippen molar-refractivity contribution in [2.24, 2.45) is 5.73 Å². The SMILES string of the molecule is COC1CN(c2cc(Br)ccc2C(C)N)CC1OC. The van der Waals surface area contributed by atoms with Crippen LogP contribution in [0.3, 0.4) is 0 Å². The molecule has 1 heterocycles. The minimum atomic E-state index is 0.00527. The van der Waals surface area contributed by atoms with E-state index in [-0.39, 0.29) is 18.2 Å². The van der Waals surface area contributed by atoms with E-state index in [4.69, 9.17) is 15.2 Å². The Morgan fingerprint density at radius 2 is 1.84 bits per heavy atom. The van der Waals surface area contributed by atoms with Crippen molar-refractivity contribution in [2.45, 2.75) is 25.2 Å². The van der Waals surface area contributed by atoms with Crippen LogP contribution in [0.15, 0.2) is 22.7 Å². The molecule has 19 heavy (non-hydrogen) atoms. The fourth-order valence-electron chi connectivity index (χ4n) is 2.57. The van der Waals surface area contributed by atoms with E-state index in [0.29, 0.717) is 0 Å². The highest BCUT2D eigenvalue weighted by molar-refractivity contribution is 9.10. The maximum absolute atomic E-state index is 6.06. The minimum Gasteiger partial charge on any atom is -0.377 e. The van der Waals surface area contributed by atoms with Crippen LogP contribution in [-0.4, -0.2) is 39.5 Å². The van der Waals surface area contributed by atoms with Gasteiger partial charge in [-0.3, -0.25) is 0 Å². The third-order valence-corrected chi connectivity index (χ3v) is 4.14. The first-order valence-electron chi connectivity index (χ1n) is 6.42. The Balaban J connectivity index is 2.29. The van der Waals surface area contributed by atoms with Gasteiger partial charge in [0.25, 0.3) is 0 Å². The van der Waals surface area contributed by atoms with Crippen molar-refractivity contribution in [3.8, 4) is 0 Å². The standard InChI is InChI=1S/C14H21BrN2O2/c1-9(16)11-5-4-10(15)6-12(11)17-7-13(18-2)14(8-17)19-3/h4-6,9,13-14H,7-8,16H2,1-3H3. The molecule has 1 fully saturated rings. The number of anilines is 1. The smallest absolute Gasteiger partial charge is 0.102 e. The van der Waals surface area contributed by atoms with E-state index in [2.05, 4.69) is 33.0 Å². The molecule has 0 bridgehead atoms. The van der Waals surface area contributed by atoms with Crippen molar-refractivity contribution in [2.75, 3.05) is 32.2 Å². The maximum Gasteiger partial charge on any atom is 0.102 e. The van der Waals surface area contributed by atoms with Crippen LogP contribution in [0.5, 0.6) is 0 Å². The summed E-state index contributed by atoms with van der Waals surface area (Å²) in [6.45, 7) is 3.65. The Morgan fingerprint density at radius 3 is 2.32 bits per heavy atom. The predicted molar refractivity (Wildman–Crippen MR) is 80.6 cm³/mol. The fraction of sp³-hybridized carbons (Fsp3) is 0.571. The van der Waals surface area contributed by atoms with Crippen LogP contribution in [0.25, 0.3) is 0 Å². The molecule has 0 aromatic heterocycles. The molecule has 0 aliphatic carbocycles. The van der Waals surface area contributed by atoms with Crippen LogP contribution >= 0.6 is 15.9 Å². The number of halogens is 1. The lowest BCUT2D eigenvalue weighted by atomic mass is 10.1. The van der Waals surface area contributed by atoms with E-state index in [1.165, 1.54) is 0 Å². The van der Waals surface area contributed by atoms with Gasteiger partial charge in [0, 0.05) is 43.5 Å². The third kappa shape index (κ3) is 3.11. The van der Waals surface area contributed by atoms with E-state index < -0.39 is 0 Å². The zero-order chi connectivity index (χ0) is 14.0. The molecule has 5 heteroatoms. The zero-order valence-electron chi connectivity index (χ0n) is 11.6. The molecule has 1 aromatic carbocycles. The van der Waals surface area contributed by atoms with Crippen LogP contribution in [0.1, 0.15) is 18.5 Å². The highest BCUT2D eigenvalue weighted by Gasteiger charge is 2.34. The van der Waals surface area contributed by atoms with Gasteiger partial charge in [-0.15, -0.1) is 0 Å². The summed E-state index contributed by atoms with van der Waals surface area (Å²) in [5.74, 6) is 0. The van der Waals surface area contributed by atoms with E-state index in [9.17, 15) is 0 Å². The second-order valence-electron chi connectivity index (χ2n) is 4.95. The van der Waals surface area contributed by atoms with Gasteiger partial charge in [0.15, 0.2) is 0 Å². The van der Waals surface area contributed by atoms with E-state index in [1.807, 2.05) is 13.0 Å². The molecular weight excluding hydrogens is 308 g/mol. The Bertz CT molecular complexity index is 427. The van der Waals surface area contributed by atoms with Gasteiger partial charge < -0.3 is 20.1 Å². The maximum atomic E-state index is 6.06. The number of ether oxygens (including phenoxy) is 2. The average molecular weight is 329 g/mol. The molecule has 0 radical (unpaired) electrons. The third-order valence-electron chi connectivity index (χ3n) is 3.64. The van der Waals surface area contributed by atoms with Crippen molar-refractivity contribution < 1.29 is 9.47 Å². The van der Waals surface area contributed by atoms with Crippen LogP contribution in [-0.2, 0) is 9.47 Å². The Kier molecular flexibility index (Phi) is 4.84. The molecule has 3 unspecified atom stereocenters. The summed E-state index contributed by atoms with van der Waals surface area (Å²) >= 11 is 3.53. The van der Waals surface area contributed by atoms with Crippen molar-refractivity contribution in [3.05, 3.63) is 28.2 Å². The number of rotatable bonds is 4. The summed E-state index contributed by atoms with van der Waals surface area (Å²) in [4.78, 5) is 2.28. The Morgan fingerprint density at radius 1 is 1.26 bits per heavy atom. The quantitative estimate of drug-likeness (QED) is 0.921. The van der Waals surface area contributed by atoms with Crippen molar-refractivity contribution in [3.63, 3.8) is 0 Å². The van der Waals surface area contributed by atoms with Gasteiger partial charge in [-0.2, -0.15) is 0 Å². The van der Waals surface area contributed by atoms with Crippen LogP contribution in [0.4, 0.5) is 5.69 Å². The molecule has 1 aromatic rings. The van der Waals surface area contributed by atoms with Gasteiger partial charge in [-0.25, -0.2) is 0 Å². The van der Waals surface area contributed by atoms with Gasteiger partial charge in [0.2, 0.25) is 0 Å². The summed E-state index contributed by atoms with van der Waals surface area (Å²) in [5, 5.41) is 0. The second-order valence-corrected chi connectivity index (χ2v) is 5.86. The van der Waals surface area contributed by atoms with Crippen molar-refractivity contribution in [1.82, 2.24) is 0 Å². The molecule has 4 nitrogen and oxygen atoms in total. The number of nitrogens with zero attached hydrogens (tertiary/aromatic N) is 1. The summed E-state index contributed by atoms with van der Waals surface area (Å²) in [5.41, 5.74) is 8.37.